The molecule has 0 saturated carbocycles. The van der Waals surface area contributed by atoms with Crippen LogP contribution in [0.15, 0.2) is 48.5 Å². The van der Waals surface area contributed by atoms with Gasteiger partial charge in [0, 0.05) is 19.2 Å². The van der Waals surface area contributed by atoms with Crippen LogP contribution in [0.3, 0.4) is 0 Å². The number of alkyl halides is 3. The summed E-state index contributed by atoms with van der Waals surface area (Å²) in [6.45, 7) is 3.89. The van der Waals surface area contributed by atoms with E-state index in [0.29, 0.717) is 38.0 Å². The Labute approximate surface area is 240 Å². The average molecular weight is 589 g/mol. The zero-order valence-electron chi connectivity index (χ0n) is 21.5. The smallest absolute Gasteiger partial charge is 0.486 e. The highest BCUT2D eigenvalue weighted by Gasteiger charge is 2.34. The Morgan fingerprint density at radius 1 is 0.949 bits per heavy atom. The number of piperidine rings is 1. The summed E-state index contributed by atoms with van der Waals surface area (Å²) in [6.07, 6.45) is -1.50. The molecule has 216 valence electrons. The number of halogens is 3. The van der Waals surface area contributed by atoms with E-state index in [0.717, 1.165) is 38.8 Å². The van der Waals surface area contributed by atoms with Crippen LogP contribution >= 0.6 is 27.0 Å². The van der Waals surface area contributed by atoms with Gasteiger partial charge in [-0.1, -0.05) is 30.3 Å². The minimum Gasteiger partial charge on any atom is -0.486 e. The van der Waals surface area contributed by atoms with Crippen molar-refractivity contribution in [3.63, 3.8) is 0 Å². The third-order valence-electron chi connectivity index (χ3n) is 7.20. The molecule has 0 radical (unpaired) electrons. The van der Waals surface area contributed by atoms with Crippen molar-refractivity contribution in [2.24, 2.45) is 5.92 Å². The highest BCUT2D eigenvalue weighted by Crippen LogP contribution is 2.37. The van der Waals surface area contributed by atoms with E-state index in [-0.39, 0.29) is 56.7 Å². The fourth-order valence-corrected chi connectivity index (χ4v) is 5.27. The molecule has 3 aliphatic heterocycles. The van der Waals surface area contributed by atoms with Gasteiger partial charge in [-0.05, 0) is 62.4 Å². The maximum absolute atomic E-state index is 12.5. The summed E-state index contributed by atoms with van der Waals surface area (Å²) in [7, 11) is 0. The minimum absolute atomic E-state index is 0. The van der Waals surface area contributed by atoms with E-state index in [9.17, 15) is 18.0 Å². The molecule has 39 heavy (non-hydrogen) atoms. The molecule has 0 unspecified atom stereocenters. The second-order valence-electron chi connectivity index (χ2n) is 9.85. The number of benzene rings is 2. The Morgan fingerprint density at radius 2 is 1.69 bits per heavy atom. The number of hydrogen-bond donors (Lipinski definition) is 0. The van der Waals surface area contributed by atoms with Crippen LogP contribution in [-0.4, -0.2) is 73.8 Å². The first-order valence-electron chi connectivity index (χ1n) is 12.7. The molecule has 2 saturated heterocycles. The van der Waals surface area contributed by atoms with Gasteiger partial charge in [-0.15, -0.1) is 13.2 Å². The van der Waals surface area contributed by atoms with Gasteiger partial charge in [-0.2, -0.15) is 27.0 Å². The Bertz CT molecular complexity index is 1070. The second kappa shape index (κ2) is 13.8. The zero-order chi connectivity index (χ0) is 25.8. The third kappa shape index (κ3) is 8.52. The molecular formula is C27H35F3N2O5S2. The molecule has 2 atom stereocenters. The molecule has 0 aromatic heterocycles. The van der Waals surface area contributed by atoms with Gasteiger partial charge in [-0.25, -0.2) is 4.79 Å². The molecule has 2 fully saturated rings. The van der Waals surface area contributed by atoms with Crippen molar-refractivity contribution >= 4 is 33.1 Å². The van der Waals surface area contributed by atoms with Crippen LogP contribution in [0.2, 0.25) is 0 Å². The van der Waals surface area contributed by atoms with Crippen LogP contribution in [0.5, 0.6) is 17.2 Å². The lowest BCUT2D eigenvalue weighted by Gasteiger charge is -2.36. The van der Waals surface area contributed by atoms with E-state index in [2.05, 4.69) is 21.8 Å². The van der Waals surface area contributed by atoms with E-state index < -0.39 is 6.36 Å². The first-order chi connectivity index (χ1) is 17.8. The topological polar surface area (TPSA) is 60.5 Å². The highest BCUT2D eigenvalue weighted by atomic mass is 32.1. The lowest BCUT2D eigenvalue weighted by molar-refractivity contribution is -0.274. The first kappa shape index (κ1) is 31.1. The van der Waals surface area contributed by atoms with Crippen molar-refractivity contribution < 1.29 is 36.9 Å². The summed E-state index contributed by atoms with van der Waals surface area (Å²) in [5.41, 5.74) is 1.20. The predicted octanol–water partition coefficient (Wildman–Crippen LogP) is 5.12. The maximum Gasteiger partial charge on any atom is 0.573 e. The van der Waals surface area contributed by atoms with Gasteiger partial charge < -0.3 is 23.8 Å². The number of carbonyl (C=O) groups is 1. The Hall–Kier alpha value is -2.44. The molecule has 0 bridgehead atoms. The number of likely N-dealkylation sites (tertiary alicyclic amines) is 1. The monoisotopic (exact) mass is 588 g/mol. The second-order valence-corrected chi connectivity index (χ2v) is 9.85. The molecule has 0 N–H and O–H groups in total. The summed E-state index contributed by atoms with van der Waals surface area (Å²) in [6, 6.07) is 14.1. The number of rotatable bonds is 8. The normalized spacial score (nSPS) is 21.5. The maximum atomic E-state index is 12.5. The minimum atomic E-state index is -4.76. The van der Waals surface area contributed by atoms with Crippen molar-refractivity contribution in [1.82, 2.24) is 9.80 Å². The predicted molar refractivity (Wildman–Crippen MR) is 150 cm³/mol. The largest absolute Gasteiger partial charge is 0.573 e. The highest BCUT2D eigenvalue weighted by molar-refractivity contribution is 7.59. The van der Waals surface area contributed by atoms with Crippen molar-refractivity contribution in [1.29, 1.82) is 0 Å². The van der Waals surface area contributed by atoms with Crippen molar-refractivity contribution in [3.05, 3.63) is 54.1 Å². The van der Waals surface area contributed by atoms with E-state index in [4.69, 9.17) is 14.2 Å². The quantitative estimate of drug-likeness (QED) is 0.427. The summed E-state index contributed by atoms with van der Waals surface area (Å²) in [5, 5.41) is 0. The first-order valence-corrected chi connectivity index (χ1v) is 12.7. The Morgan fingerprint density at radius 3 is 2.41 bits per heavy atom. The Balaban J connectivity index is 0.00000210. The van der Waals surface area contributed by atoms with Gasteiger partial charge >= 0.3 is 12.5 Å². The van der Waals surface area contributed by atoms with Crippen LogP contribution in [0.4, 0.5) is 18.0 Å². The third-order valence-corrected chi connectivity index (χ3v) is 7.20. The van der Waals surface area contributed by atoms with Crippen molar-refractivity contribution in [2.45, 2.75) is 44.2 Å². The van der Waals surface area contributed by atoms with Crippen molar-refractivity contribution in [3.8, 4) is 17.2 Å². The molecule has 5 rings (SSSR count). The molecular weight excluding hydrogens is 553 g/mol. The van der Waals surface area contributed by atoms with Crippen LogP contribution in [0, 0.1) is 5.92 Å². The fraction of sp³-hybridized carbons (Fsp3) is 0.519. The number of fused-ring (bicyclic) bond motifs is 1. The number of hydrogen-bond acceptors (Lipinski definition) is 6. The number of ether oxygens (including phenoxy) is 4. The number of cyclic esters (lactones) is 1. The van der Waals surface area contributed by atoms with Crippen LogP contribution in [0.1, 0.15) is 24.8 Å². The lowest BCUT2D eigenvalue weighted by Crippen LogP contribution is -2.44. The van der Waals surface area contributed by atoms with Gasteiger partial charge in [0.15, 0.2) is 11.5 Å². The molecule has 3 aliphatic rings. The molecule has 0 spiro atoms. The van der Waals surface area contributed by atoms with Gasteiger partial charge in [0.1, 0.15) is 25.1 Å². The average Bonchev–Trinajstić information content (AvgIpc) is 3.21. The lowest BCUT2D eigenvalue weighted by atomic mass is 9.93. The molecule has 7 nitrogen and oxygen atoms in total. The molecule has 0 aliphatic carbocycles. The summed E-state index contributed by atoms with van der Waals surface area (Å²) in [5.74, 6) is 0.864. The van der Waals surface area contributed by atoms with Crippen LogP contribution < -0.4 is 14.2 Å². The fourth-order valence-electron chi connectivity index (χ4n) is 5.27. The van der Waals surface area contributed by atoms with Gasteiger partial charge in [-0.3, -0.25) is 4.90 Å². The van der Waals surface area contributed by atoms with Crippen LogP contribution in [0.25, 0.3) is 0 Å². The molecule has 2 aromatic carbocycles. The zero-order valence-corrected chi connectivity index (χ0v) is 23.5. The van der Waals surface area contributed by atoms with Gasteiger partial charge in [0.05, 0.1) is 6.04 Å². The van der Waals surface area contributed by atoms with E-state index >= 15 is 0 Å². The van der Waals surface area contributed by atoms with E-state index in [1.807, 2.05) is 23.1 Å². The SMILES string of the molecule is O=C1OC[C@H](Cc2ccccc2)N1CCC1CCN(C[C@H]2COc3ccc(OC(F)(F)F)cc3O2)CC1.S.S. The van der Waals surface area contributed by atoms with E-state index in [1.54, 1.807) is 0 Å². The number of nitrogens with zero attached hydrogens (tertiary/aromatic N) is 2. The number of carbonyl (C=O) groups excluding carboxylic acids is 1. The summed E-state index contributed by atoms with van der Waals surface area (Å²) >= 11 is 0. The Kier molecular flexibility index (Phi) is 11.0. The number of amides is 1. The molecule has 1 amide bonds. The molecule has 2 aromatic rings. The van der Waals surface area contributed by atoms with Crippen molar-refractivity contribution in [2.75, 3.05) is 39.4 Å². The van der Waals surface area contributed by atoms with Gasteiger partial charge in [0.2, 0.25) is 0 Å². The molecule has 3 heterocycles. The molecule has 12 heteroatoms. The summed E-state index contributed by atoms with van der Waals surface area (Å²) in [4.78, 5) is 16.5. The van der Waals surface area contributed by atoms with E-state index in [1.165, 1.54) is 23.8 Å². The standard InChI is InChI=1S/C27H31F3N2O5.2H2S/c28-27(29,30)37-22-6-7-24-25(15-22)36-23(18-34-24)16-31-11-8-19(9-12-31)10-13-32-21(17-35-26(32)33)14-20-4-2-1-3-5-20;;/h1-7,15,19,21,23H,8-14,16-18H2;2*1H2/t21-,23-;;/m0../s1. The van der Waals surface area contributed by atoms with Crippen LogP contribution in [-0.2, 0) is 11.2 Å². The van der Waals surface area contributed by atoms with Gasteiger partial charge in [0.25, 0.3) is 0 Å². The summed E-state index contributed by atoms with van der Waals surface area (Å²) < 4.78 is 58.6.